The van der Waals surface area contributed by atoms with Crippen LogP contribution in [0.5, 0.6) is 0 Å². The highest BCUT2D eigenvalue weighted by molar-refractivity contribution is 7.92. The monoisotopic (exact) mass is 279 g/mol. The number of aromatic nitrogens is 2. The Morgan fingerprint density at radius 3 is 2.58 bits per heavy atom. The molecule has 0 aliphatic rings. The quantitative estimate of drug-likeness (QED) is 0.934. The molecule has 2 aromatic rings. The molecule has 0 saturated heterocycles. The predicted octanol–water partition coefficient (Wildman–Crippen LogP) is 2.32. The van der Waals surface area contributed by atoms with Gasteiger partial charge in [0.15, 0.2) is 5.82 Å². The number of rotatable bonds is 4. The van der Waals surface area contributed by atoms with Gasteiger partial charge in [0, 0.05) is 18.8 Å². The number of aryl methyl sites for hydroxylation is 3. The van der Waals surface area contributed by atoms with Crippen molar-refractivity contribution in [1.82, 2.24) is 9.78 Å². The molecular formula is C13H17N3O2S. The zero-order valence-electron chi connectivity index (χ0n) is 11.2. The summed E-state index contributed by atoms with van der Waals surface area (Å²) in [6.45, 7) is 6.35. The van der Waals surface area contributed by atoms with E-state index >= 15 is 0 Å². The van der Waals surface area contributed by atoms with Crippen LogP contribution in [0.15, 0.2) is 35.4 Å². The number of hydrogen-bond donors (Lipinski definition) is 1. The van der Waals surface area contributed by atoms with E-state index in [1.165, 1.54) is 0 Å². The summed E-state index contributed by atoms with van der Waals surface area (Å²) < 4.78 is 28.7. The van der Waals surface area contributed by atoms with Gasteiger partial charge in [-0.25, -0.2) is 8.42 Å². The van der Waals surface area contributed by atoms with Gasteiger partial charge in [0.1, 0.15) is 0 Å². The molecule has 0 spiro atoms. The van der Waals surface area contributed by atoms with E-state index < -0.39 is 10.0 Å². The second-order valence-corrected chi connectivity index (χ2v) is 6.08. The molecule has 1 aromatic carbocycles. The molecule has 6 heteroatoms. The van der Waals surface area contributed by atoms with Gasteiger partial charge in [0.05, 0.1) is 4.90 Å². The Labute approximate surface area is 113 Å². The average molecular weight is 279 g/mol. The van der Waals surface area contributed by atoms with Gasteiger partial charge in [-0.05, 0) is 32.4 Å². The Hall–Kier alpha value is -1.82. The number of hydrogen-bond acceptors (Lipinski definition) is 3. The lowest BCUT2D eigenvalue weighted by atomic mass is 10.2. The van der Waals surface area contributed by atoms with E-state index in [4.69, 9.17) is 0 Å². The molecule has 0 fully saturated rings. The molecule has 2 rings (SSSR count). The zero-order chi connectivity index (χ0) is 14.0. The third-order valence-electron chi connectivity index (χ3n) is 2.82. The van der Waals surface area contributed by atoms with Gasteiger partial charge in [-0.3, -0.25) is 9.40 Å². The molecule has 1 heterocycles. The molecule has 102 valence electrons. The molecule has 0 aliphatic carbocycles. The smallest absolute Gasteiger partial charge is 0.263 e. The minimum Gasteiger partial charge on any atom is -0.271 e. The molecule has 0 saturated carbocycles. The first-order valence-electron chi connectivity index (χ1n) is 6.06. The molecule has 0 aliphatic heterocycles. The maximum absolute atomic E-state index is 12.3. The van der Waals surface area contributed by atoms with Crippen LogP contribution in [0.3, 0.4) is 0 Å². The highest BCUT2D eigenvalue weighted by Gasteiger charge is 2.17. The Bertz CT molecular complexity index is 690. The van der Waals surface area contributed by atoms with Crippen LogP contribution in [-0.4, -0.2) is 18.2 Å². The zero-order valence-corrected chi connectivity index (χ0v) is 12.0. The van der Waals surface area contributed by atoms with Crippen LogP contribution in [0.25, 0.3) is 0 Å². The standard InChI is InChI=1S/C13H17N3O2S/c1-4-16-8-7-13(14-16)15-19(17,18)12-6-5-10(2)9-11(12)3/h5-9H,4H2,1-3H3,(H,14,15). The van der Waals surface area contributed by atoms with Gasteiger partial charge >= 0.3 is 0 Å². The summed E-state index contributed by atoms with van der Waals surface area (Å²) in [5.41, 5.74) is 1.76. The Balaban J connectivity index is 2.32. The van der Waals surface area contributed by atoms with E-state index in [9.17, 15) is 8.42 Å². The summed E-state index contributed by atoms with van der Waals surface area (Å²) >= 11 is 0. The van der Waals surface area contributed by atoms with Crippen molar-refractivity contribution in [2.75, 3.05) is 4.72 Å². The molecule has 1 N–H and O–H groups in total. The minimum atomic E-state index is -3.58. The van der Waals surface area contributed by atoms with Crippen molar-refractivity contribution in [2.24, 2.45) is 0 Å². The van der Waals surface area contributed by atoms with Crippen molar-refractivity contribution in [1.29, 1.82) is 0 Å². The Morgan fingerprint density at radius 2 is 2.00 bits per heavy atom. The molecular weight excluding hydrogens is 262 g/mol. The van der Waals surface area contributed by atoms with Gasteiger partial charge in [0.25, 0.3) is 10.0 Å². The second-order valence-electron chi connectivity index (χ2n) is 4.43. The Morgan fingerprint density at radius 1 is 1.26 bits per heavy atom. The minimum absolute atomic E-state index is 0.282. The van der Waals surface area contributed by atoms with Gasteiger partial charge in [0.2, 0.25) is 0 Å². The fourth-order valence-electron chi connectivity index (χ4n) is 1.89. The summed E-state index contributed by atoms with van der Waals surface area (Å²) in [5, 5.41) is 4.11. The number of nitrogens with one attached hydrogen (secondary N) is 1. The van der Waals surface area contributed by atoms with Crippen molar-refractivity contribution in [2.45, 2.75) is 32.2 Å². The third kappa shape index (κ3) is 2.96. The van der Waals surface area contributed by atoms with Crippen LogP contribution in [0.1, 0.15) is 18.1 Å². The second kappa shape index (κ2) is 5.05. The van der Waals surface area contributed by atoms with Gasteiger partial charge in [-0.1, -0.05) is 17.7 Å². The highest BCUT2D eigenvalue weighted by atomic mass is 32.2. The topological polar surface area (TPSA) is 64.0 Å². The molecule has 0 amide bonds. The van der Waals surface area contributed by atoms with E-state index in [0.29, 0.717) is 12.4 Å². The van der Waals surface area contributed by atoms with E-state index in [1.54, 1.807) is 36.0 Å². The van der Waals surface area contributed by atoms with E-state index in [-0.39, 0.29) is 4.90 Å². The number of sulfonamides is 1. The normalized spacial score (nSPS) is 11.5. The van der Waals surface area contributed by atoms with Crippen LogP contribution >= 0.6 is 0 Å². The van der Waals surface area contributed by atoms with Crippen LogP contribution in [0.4, 0.5) is 5.82 Å². The maximum Gasteiger partial charge on any atom is 0.263 e. The first-order valence-corrected chi connectivity index (χ1v) is 7.54. The van der Waals surface area contributed by atoms with Crippen molar-refractivity contribution in [3.8, 4) is 0 Å². The van der Waals surface area contributed by atoms with Crippen molar-refractivity contribution in [3.63, 3.8) is 0 Å². The SMILES string of the molecule is CCn1ccc(NS(=O)(=O)c2ccc(C)cc2C)n1. The number of anilines is 1. The highest BCUT2D eigenvalue weighted by Crippen LogP contribution is 2.19. The molecule has 5 nitrogen and oxygen atoms in total. The molecule has 0 atom stereocenters. The number of benzene rings is 1. The lowest BCUT2D eigenvalue weighted by molar-refractivity contribution is 0.600. The van der Waals surface area contributed by atoms with E-state index in [0.717, 1.165) is 11.1 Å². The largest absolute Gasteiger partial charge is 0.271 e. The molecule has 0 radical (unpaired) electrons. The maximum atomic E-state index is 12.3. The molecule has 0 unspecified atom stereocenters. The van der Waals surface area contributed by atoms with Gasteiger partial charge in [-0.15, -0.1) is 0 Å². The van der Waals surface area contributed by atoms with Crippen molar-refractivity contribution >= 4 is 15.8 Å². The average Bonchev–Trinajstić information content (AvgIpc) is 2.75. The van der Waals surface area contributed by atoms with Gasteiger partial charge < -0.3 is 0 Å². The van der Waals surface area contributed by atoms with Gasteiger partial charge in [-0.2, -0.15) is 5.10 Å². The number of nitrogens with zero attached hydrogens (tertiary/aromatic N) is 2. The van der Waals surface area contributed by atoms with Crippen LogP contribution in [0.2, 0.25) is 0 Å². The summed E-state index contributed by atoms with van der Waals surface area (Å²) in [4.78, 5) is 0.282. The van der Waals surface area contributed by atoms with Crippen molar-refractivity contribution < 1.29 is 8.42 Å². The van der Waals surface area contributed by atoms with Crippen LogP contribution in [-0.2, 0) is 16.6 Å². The first kappa shape index (κ1) is 13.6. The Kier molecular flexibility index (Phi) is 3.61. The predicted molar refractivity (Wildman–Crippen MR) is 74.6 cm³/mol. The van der Waals surface area contributed by atoms with E-state index in [2.05, 4.69) is 9.82 Å². The summed E-state index contributed by atoms with van der Waals surface area (Å²) in [6, 6.07) is 6.89. The molecule has 1 aromatic heterocycles. The first-order chi connectivity index (χ1) is 8.92. The van der Waals surface area contributed by atoms with Crippen molar-refractivity contribution in [3.05, 3.63) is 41.6 Å². The molecule has 0 bridgehead atoms. The summed E-state index contributed by atoms with van der Waals surface area (Å²) in [7, 11) is -3.58. The molecule has 19 heavy (non-hydrogen) atoms. The fourth-order valence-corrected chi connectivity index (χ4v) is 3.11. The lowest BCUT2D eigenvalue weighted by Gasteiger charge is -2.09. The summed E-state index contributed by atoms with van der Waals surface area (Å²) in [5.74, 6) is 0.335. The van der Waals surface area contributed by atoms with Crippen LogP contribution in [0, 0.1) is 13.8 Å². The van der Waals surface area contributed by atoms with E-state index in [1.807, 2.05) is 19.9 Å². The lowest BCUT2D eigenvalue weighted by Crippen LogP contribution is -2.15. The fraction of sp³-hybridized carbons (Fsp3) is 0.308. The van der Waals surface area contributed by atoms with Crippen LogP contribution < -0.4 is 4.72 Å². The summed E-state index contributed by atoms with van der Waals surface area (Å²) in [6.07, 6.45) is 1.74. The third-order valence-corrected chi connectivity index (χ3v) is 4.34.